The molecule has 6 rings (SSSR count). The number of rotatable bonds is 2. The van der Waals surface area contributed by atoms with Crippen molar-refractivity contribution in [2.45, 2.75) is 13.1 Å². The van der Waals surface area contributed by atoms with E-state index in [9.17, 15) is 19.2 Å². The van der Waals surface area contributed by atoms with Crippen molar-refractivity contribution in [2.75, 3.05) is 14.2 Å². The number of methoxy groups -OCH3 is 2. The lowest BCUT2D eigenvalue weighted by Gasteiger charge is -2.18. The van der Waals surface area contributed by atoms with Gasteiger partial charge < -0.3 is 9.47 Å². The number of hydrogen-bond donors (Lipinski definition) is 0. The highest BCUT2D eigenvalue weighted by molar-refractivity contribution is 6.13. The minimum absolute atomic E-state index is 0.0552. The van der Waals surface area contributed by atoms with E-state index in [-0.39, 0.29) is 24.7 Å². The molecule has 5 aromatic rings. The summed E-state index contributed by atoms with van der Waals surface area (Å²) in [6, 6.07) is 23.4. The van der Waals surface area contributed by atoms with Crippen LogP contribution in [0.25, 0.3) is 10.9 Å². The Morgan fingerprint density at radius 1 is 0.575 bits per heavy atom. The van der Waals surface area contributed by atoms with Crippen molar-refractivity contribution in [3.8, 4) is 11.5 Å². The highest BCUT2D eigenvalue weighted by Crippen LogP contribution is 2.26. The smallest absolute Gasteiger partial charge is 0.332 e. The number of ketones is 2. The highest BCUT2D eigenvalue weighted by Gasteiger charge is 2.21. The molecule has 40 heavy (non-hydrogen) atoms. The Kier molecular flexibility index (Phi) is 6.15. The SMILES string of the molecule is COc1ccc2cc1Cn1c(=O)c3ccccc3n(c1=O)Cc1cc(ccc1OC)C(=O)c1cccc(c1)C2=O. The quantitative estimate of drug-likeness (QED) is 0.334. The Bertz CT molecular complexity index is 1970. The number of carbonyl (C=O) groups is 2. The Balaban J connectivity index is 1.69. The first-order valence-electron chi connectivity index (χ1n) is 12.7. The average Bonchev–Trinajstić information content (AvgIpc) is 3.00. The van der Waals surface area contributed by atoms with E-state index < -0.39 is 11.2 Å². The van der Waals surface area contributed by atoms with Gasteiger partial charge in [0.15, 0.2) is 11.6 Å². The standard InChI is InChI=1S/C32H24N2O6/c1-39-27-12-10-21-15-23(27)17-33-26-9-4-3-8-25(26)31(37)34(32(33)38)18-24-16-22(11-13-28(24)40-2)30(36)20-7-5-6-19(14-20)29(21)35/h3-16H,17-18H2,1-2H3. The molecule has 1 aliphatic rings. The predicted octanol–water partition coefficient (Wildman–Crippen LogP) is 4.05. The molecule has 198 valence electrons. The fourth-order valence-electron chi connectivity index (χ4n) is 5.23. The van der Waals surface area contributed by atoms with Gasteiger partial charge in [-0.2, -0.15) is 0 Å². The normalized spacial score (nSPS) is 12.8. The van der Waals surface area contributed by atoms with Gasteiger partial charge in [0, 0.05) is 33.4 Å². The molecule has 8 nitrogen and oxygen atoms in total. The van der Waals surface area contributed by atoms with Crippen molar-refractivity contribution >= 4 is 22.5 Å². The molecule has 0 amide bonds. The van der Waals surface area contributed by atoms with Crippen LogP contribution in [0.5, 0.6) is 11.5 Å². The summed E-state index contributed by atoms with van der Waals surface area (Å²) < 4.78 is 13.7. The predicted molar refractivity (Wildman–Crippen MR) is 150 cm³/mol. The first-order chi connectivity index (χ1) is 19.4. The van der Waals surface area contributed by atoms with E-state index >= 15 is 0 Å². The van der Waals surface area contributed by atoms with E-state index in [4.69, 9.17) is 9.47 Å². The molecule has 1 aromatic heterocycles. The van der Waals surface area contributed by atoms with E-state index in [0.29, 0.717) is 55.8 Å². The van der Waals surface area contributed by atoms with Gasteiger partial charge in [0.25, 0.3) is 5.56 Å². The second-order valence-corrected chi connectivity index (χ2v) is 9.57. The second-order valence-electron chi connectivity index (χ2n) is 9.57. The minimum atomic E-state index is -0.543. The first-order valence-corrected chi connectivity index (χ1v) is 12.7. The molecule has 0 saturated heterocycles. The minimum Gasteiger partial charge on any atom is -0.496 e. The number of carbonyl (C=O) groups excluding carboxylic acids is 2. The van der Waals surface area contributed by atoms with E-state index in [2.05, 4.69) is 0 Å². The number of fused-ring (bicyclic) bond motifs is 10. The maximum Gasteiger partial charge on any atom is 0.332 e. The van der Waals surface area contributed by atoms with Gasteiger partial charge in [-0.15, -0.1) is 0 Å². The molecule has 0 unspecified atom stereocenters. The maximum atomic E-state index is 14.0. The number of hydrogen-bond acceptors (Lipinski definition) is 6. The van der Waals surface area contributed by atoms with Crippen LogP contribution in [0.4, 0.5) is 0 Å². The van der Waals surface area contributed by atoms with Crippen LogP contribution >= 0.6 is 0 Å². The van der Waals surface area contributed by atoms with Crippen LogP contribution < -0.4 is 20.7 Å². The third-order valence-electron chi connectivity index (χ3n) is 7.26. The van der Waals surface area contributed by atoms with E-state index in [1.165, 1.54) is 18.8 Å². The zero-order valence-corrected chi connectivity index (χ0v) is 21.8. The van der Waals surface area contributed by atoms with Crippen LogP contribution in [-0.2, 0) is 13.1 Å². The Morgan fingerprint density at radius 3 is 1.68 bits per heavy atom. The lowest BCUT2D eigenvalue weighted by molar-refractivity contribution is 0.103. The summed E-state index contributed by atoms with van der Waals surface area (Å²) >= 11 is 0. The molecule has 0 saturated carbocycles. The molecule has 8 heteroatoms. The zero-order chi connectivity index (χ0) is 28.0. The van der Waals surface area contributed by atoms with Crippen LogP contribution in [-0.4, -0.2) is 34.9 Å². The number of nitrogens with zero attached hydrogens (tertiary/aromatic N) is 2. The number of ether oxygens (including phenoxy) is 2. The molecule has 0 N–H and O–H groups in total. The van der Waals surface area contributed by atoms with Crippen LogP contribution in [0.1, 0.15) is 43.0 Å². The number of benzene rings is 4. The van der Waals surface area contributed by atoms with Gasteiger partial charge in [-0.05, 0) is 54.6 Å². The van der Waals surface area contributed by atoms with Crippen LogP contribution in [0.15, 0.2) is 94.5 Å². The fraction of sp³-hybridized carbons (Fsp3) is 0.125. The summed E-state index contributed by atoms with van der Waals surface area (Å²) in [4.78, 5) is 54.6. The summed E-state index contributed by atoms with van der Waals surface area (Å²) in [5, 5.41) is 0.357. The van der Waals surface area contributed by atoms with Crippen molar-refractivity contribution in [1.29, 1.82) is 0 Å². The maximum absolute atomic E-state index is 14.0. The van der Waals surface area contributed by atoms with Gasteiger partial charge in [0.05, 0.1) is 38.2 Å². The van der Waals surface area contributed by atoms with E-state index in [0.717, 1.165) is 4.57 Å². The van der Waals surface area contributed by atoms with E-state index in [1.807, 2.05) is 0 Å². The lowest BCUT2D eigenvalue weighted by Crippen LogP contribution is -2.40. The fourth-order valence-corrected chi connectivity index (χ4v) is 5.23. The summed E-state index contributed by atoms with van der Waals surface area (Å²) in [5.74, 6) is 0.347. The molecular formula is C32H24N2O6. The van der Waals surface area contributed by atoms with Crippen molar-refractivity contribution in [3.05, 3.63) is 139 Å². The number of aromatic nitrogens is 2. The second kappa shape index (κ2) is 9.81. The highest BCUT2D eigenvalue weighted by atomic mass is 16.5. The molecule has 2 heterocycles. The molecule has 4 aromatic carbocycles. The Labute approximate surface area is 228 Å². The van der Waals surface area contributed by atoms with Crippen molar-refractivity contribution in [2.24, 2.45) is 0 Å². The van der Waals surface area contributed by atoms with E-state index in [1.54, 1.807) is 84.9 Å². The summed E-state index contributed by atoms with van der Waals surface area (Å²) in [6.45, 7) is -0.0535. The van der Waals surface area contributed by atoms with Gasteiger partial charge >= 0.3 is 5.69 Å². The summed E-state index contributed by atoms with van der Waals surface area (Å²) in [7, 11) is 3.00. The molecule has 0 fully saturated rings. The third-order valence-corrected chi connectivity index (χ3v) is 7.26. The summed E-state index contributed by atoms with van der Waals surface area (Å²) in [6.07, 6.45) is 0. The molecule has 0 atom stereocenters. The van der Waals surface area contributed by atoms with Crippen LogP contribution in [0, 0.1) is 0 Å². The van der Waals surface area contributed by atoms with Crippen LogP contribution in [0.3, 0.4) is 0 Å². The molecule has 1 aliphatic heterocycles. The molecule has 8 bridgehead atoms. The zero-order valence-electron chi connectivity index (χ0n) is 21.8. The molecule has 0 radical (unpaired) electrons. The monoisotopic (exact) mass is 532 g/mol. The Morgan fingerprint density at radius 2 is 1.10 bits per heavy atom. The number of para-hydroxylation sites is 1. The molecule has 0 aliphatic carbocycles. The Hall–Kier alpha value is -5.24. The topological polar surface area (TPSA) is 96.6 Å². The van der Waals surface area contributed by atoms with Gasteiger partial charge in [-0.1, -0.05) is 30.3 Å². The third kappa shape index (κ3) is 4.10. The summed E-state index contributed by atoms with van der Waals surface area (Å²) in [5.41, 5.74) is 1.96. The molecular weight excluding hydrogens is 508 g/mol. The van der Waals surface area contributed by atoms with Gasteiger partial charge in [-0.25, -0.2) is 4.79 Å². The van der Waals surface area contributed by atoms with Crippen molar-refractivity contribution in [1.82, 2.24) is 9.13 Å². The van der Waals surface area contributed by atoms with Gasteiger partial charge in [0.2, 0.25) is 0 Å². The average molecular weight is 533 g/mol. The van der Waals surface area contributed by atoms with Crippen LogP contribution in [0.2, 0.25) is 0 Å². The van der Waals surface area contributed by atoms with Gasteiger partial charge in [-0.3, -0.25) is 23.5 Å². The largest absolute Gasteiger partial charge is 0.496 e. The molecule has 0 spiro atoms. The first kappa shape index (κ1) is 25.1. The van der Waals surface area contributed by atoms with Crippen molar-refractivity contribution < 1.29 is 19.1 Å². The van der Waals surface area contributed by atoms with Gasteiger partial charge in [0.1, 0.15) is 11.5 Å². The van der Waals surface area contributed by atoms with Crippen molar-refractivity contribution in [3.63, 3.8) is 0 Å². The lowest BCUT2D eigenvalue weighted by atomic mass is 9.95.